The molecule has 0 saturated carbocycles. The van der Waals surface area contributed by atoms with E-state index in [1.807, 2.05) is 6.07 Å². The van der Waals surface area contributed by atoms with Crippen LogP contribution >= 0.6 is 11.8 Å². The van der Waals surface area contributed by atoms with Gasteiger partial charge in [0.15, 0.2) is 0 Å². The largest absolute Gasteiger partial charge is 3.00 e. The van der Waals surface area contributed by atoms with E-state index in [-0.39, 0.29) is 32.7 Å². The Kier molecular flexibility index (Phi) is 16.6. The number of nitriles is 1. The van der Waals surface area contributed by atoms with Crippen molar-refractivity contribution in [2.24, 2.45) is 0 Å². The van der Waals surface area contributed by atoms with E-state index in [4.69, 9.17) is 15.2 Å². The van der Waals surface area contributed by atoms with E-state index in [0.29, 0.717) is 6.47 Å². The summed E-state index contributed by atoms with van der Waals surface area (Å²) in [5, 5.41) is 15.0. The summed E-state index contributed by atoms with van der Waals surface area (Å²) in [6.07, 6.45) is 0. The smallest absolute Gasteiger partial charge is 0.665 e. The van der Waals surface area contributed by atoms with Gasteiger partial charge >= 0.3 is 32.7 Å². The van der Waals surface area contributed by atoms with Gasteiger partial charge in [0.05, 0.1) is 10.8 Å². The zero-order chi connectivity index (χ0) is 9.33. The van der Waals surface area contributed by atoms with Crippen molar-refractivity contribution in [3.8, 4) is 6.07 Å². The molecule has 0 spiro atoms. The molecule has 12 heavy (non-hydrogen) atoms. The molecule has 0 aromatic heterocycles. The van der Waals surface area contributed by atoms with Crippen LogP contribution in [0.2, 0.25) is 0 Å². The van der Waals surface area contributed by atoms with Crippen LogP contribution in [0.25, 0.3) is 0 Å². The first-order valence-corrected chi connectivity index (χ1v) is 3.33. The van der Waals surface area contributed by atoms with Gasteiger partial charge in [0.25, 0.3) is 0 Å². The van der Waals surface area contributed by atoms with Gasteiger partial charge in [-0.1, -0.05) is 6.47 Å². The van der Waals surface area contributed by atoms with Crippen LogP contribution in [0, 0.1) is 11.3 Å². The second kappa shape index (κ2) is 11.1. The standard InChI is InChI=1S/C5H6NOS.CHO2.Y/c1-5(2,3-6)8-4-7;2-1-3;/h1-2H3;(H,2,3);/q2*-1;+3. The molecule has 0 unspecified atom stereocenters. The molecule has 0 radical (unpaired) electrons. The Morgan fingerprint density at radius 3 is 1.92 bits per heavy atom. The molecule has 4 nitrogen and oxygen atoms in total. The molecule has 0 bridgehead atoms. The zero-order valence-corrected chi connectivity index (χ0v) is 10.4. The van der Waals surface area contributed by atoms with Gasteiger partial charge in [0, 0.05) is 0 Å². The maximum Gasteiger partial charge on any atom is 3.00 e. The average molecular weight is 262 g/mol. The Hall–Kier alpha value is 0.0839. The number of rotatable bonds is 2. The van der Waals surface area contributed by atoms with E-state index >= 15 is 0 Å². The molecule has 6 heteroatoms. The molecule has 0 atom stereocenters. The average Bonchev–Trinajstić information content (AvgIpc) is 1.90. The van der Waals surface area contributed by atoms with Crippen molar-refractivity contribution in [3.63, 3.8) is 0 Å². The fourth-order valence-electron chi connectivity index (χ4n) is 0.127. The van der Waals surface area contributed by atoms with Crippen LogP contribution in [0.15, 0.2) is 0 Å². The third-order valence-electron chi connectivity index (χ3n) is 0.566. The molecule has 0 aliphatic heterocycles. The molecule has 62 valence electrons. The van der Waals surface area contributed by atoms with Crippen molar-refractivity contribution < 1.29 is 47.4 Å². The monoisotopic (exact) mass is 262 g/mol. The van der Waals surface area contributed by atoms with Gasteiger partial charge < -0.3 is 14.7 Å². The molecule has 0 rings (SSSR count). The van der Waals surface area contributed by atoms with Gasteiger partial charge in [0.2, 0.25) is 0 Å². The van der Waals surface area contributed by atoms with Crippen LogP contribution in [-0.2, 0) is 42.3 Å². The Bertz CT molecular complexity index is 167. The summed E-state index contributed by atoms with van der Waals surface area (Å²) in [6.45, 7) is 3.84. The number of hydrogen-bond donors (Lipinski definition) is 1. The van der Waals surface area contributed by atoms with Crippen LogP contribution in [-0.4, -0.2) is 21.9 Å². The first kappa shape index (κ1) is 18.0. The summed E-state index contributed by atoms with van der Waals surface area (Å²) < 4.78 is -0.609. The van der Waals surface area contributed by atoms with E-state index in [1.54, 1.807) is 19.5 Å². The van der Waals surface area contributed by atoms with Gasteiger partial charge in [0.1, 0.15) is 0 Å². The Labute approximate surface area is 101 Å². The maximum atomic E-state index is 9.67. The summed E-state index contributed by atoms with van der Waals surface area (Å²) in [7, 11) is 0. The van der Waals surface area contributed by atoms with Crippen LogP contribution in [0.3, 0.4) is 0 Å². The molecular weight excluding hydrogens is 255 g/mol. The summed E-state index contributed by atoms with van der Waals surface area (Å²) in [5.41, 5.74) is 1.60. The van der Waals surface area contributed by atoms with Crippen molar-refractivity contribution in [2.45, 2.75) is 18.6 Å². The predicted octanol–water partition coefficient (Wildman–Crippen LogP) is 0.698. The molecule has 0 fully saturated rings. The minimum Gasteiger partial charge on any atom is -0.665 e. The van der Waals surface area contributed by atoms with Gasteiger partial charge in [-0.15, -0.1) is 0 Å². The topological polar surface area (TPSA) is 78.2 Å². The summed E-state index contributed by atoms with van der Waals surface area (Å²) >= 11 is 0.867. The van der Waals surface area contributed by atoms with E-state index in [1.165, 1.54) is 0 Å². The van der Waals surface area contributed by atoms with E-state index in [0.717, 1.165) is 11.8 Å². The number of thioether (sulfide) groups is 1. The van der Waals surface area contributed by atoms with Gasteiger partial charge in [-0.3, -0.25) is 11.8 Å². The van der Waals surface area contributed by atoms with Gasteiger partial charge in [-0.25, -0.2) is 0 Å². The number of nitrogens with zero attached hydrogens (tertiary/aromatic N) is 1. The fourth-order valence-corrected chi connectivity index (χ4v) is 0.381. The van der Waals surface area contributed by atoms with Crippen molar-refractivity contribution in [1.82, 2.24) is 0 Å². The molecule has 0 heterocycles. The fraction of sp³-hybridized carbons (Fsp3) is 0.500. The van der Waals surface area contributed by atoms with Gasteiger partial charge in [-0.05, 0) is 13.8 Å². The van der Waals surface area contributed by atoms with E-state index < -0.39 is 4.75 Å². The van der Waals surface area contributed by atoms with Crippen LogP contribution in [0.1, 0.15) is 13.8 Å². The first-order chi connectivity index (χ1) is 5.04. The molecule has 0 aliphatic carbocycles. The van der Waals surface area contributed by atoms with Crippen molar-refractivity contribution in [1.29, 1.82) is 5.26 Å². The molecule has 0 aromatic rings. The number of carbonyl (C=O) groups excluding carboxylic acids is 1. The van der Waals surface area contributed by atoms with E-state index in [9.17, 15) is 4.79 Å². The summed E-state index contributed by atoms with van der Waals surface area (Å²) in [4.78, 5) is 17.9. The normalized spacial score (nSPS) is 7.75. The number of hydrogen-bond acceptors (Lipinski definition) is 4. The maximum absolute atomic E-state index is 9.67. The minimum atomic E-state index is -0.609. The molecule has 0 aliphatic rings. The van der Waals surface area contributed by atoms with Crippen molar-refractivity contribution >= 4 is 23.9 Å². The quantitative estimate of drug-likeness (QED) is 0.741. The Balaban J connectivity index is -0.000000177. The third-order valence-corrected chi connectivity index (χ3v) is 1.25. The van der Waals surface area contributed by atoms with E-state index in [2.05, 4.69) is 0 Å². The van der Waals surface area contributed by atoms with Crippen molar-refractivity contribution in [2.75, 3.05) is 0 Å². The predicted molar refractivity (Wildman–Crippen MR) is 41.3 cm³/mol. The minimum absolute atomic E-state index is 0. The molecule has 0 saturated heterocycles. The number of aliphatic hydroxyl groups excluding tert-OH is 1. The summed E-state index contributed by atoms with van der Waals surface area (Å²) in [6, 6.07) is 1.94. The summed E-state index contributed by atoms with van der Waals surface area (Å²) in [5.74, 6) is 0. The second-order valence-corrected chi connectivity index (χ2v) is 3.29. The van der Waals surface area contributed by atoms with Crippen LogP contribution in [0.5, 0.6) is 0 Å². The zero-order valence-electron chi connectivity index (χ0n) is 6.70. The molecule has 1 N–H and O–H groups in total. The van der Waals surface area contributed by atoms with Crippen LogP contribution in [0.4, 0.5) is 0 Å². The Morgan fingerprint density at radius 2 is 1.83 bits per heavy atom. The van der Waals surface area contributed by atoms with Crippen LogP contribution < -0.4 is 0 Å². The SMILES string of the molecule is CC(C)(C#N)S[C-]=O.O=[C-]O.[Y+3]. The first-order valence-electron chi connectivity index (χ1n) is 2.51. The van der Waals surface area contributed by atoms with Gasteiger partial charge in [-0.2, -0.15) is 10.9 Å². The molecular formula is C6H7NO3SY+. The Morgan fingerprint density at radius 1 is 1.50 bits per heavy atom. The molecule has 0 amide bonds. The van der Waals surface area contributed by atoms with Crippen molar-refractivity contribution in [3.05, 3.63) is 0 Å². The molecule has 0 aromatic carbocycles. The third kappa shape index (κ3) is 16.6. The second-order valence-electron chi connectivity index (χ2n) is 1.90.